The summed E-state index contributed by atoms with van der Waals surface area (Å²) >= 11 is 0. The van der Waals surface area contributed by atoms with Crippen molar-refractivity contribution in [1.29, 1.82) is 0 Å². The first-order valence-corrected chi connectivity index (χ1v) is 9.34. The molecule has 11 heteroatoms. The molecule has 0 radical (unpaired) electrons. The van der Waals surface area contributed by atoms with E-state index in [0.717, 1.165) is 54.4 Å². The molecule has 0 saturated carbocycles. The lowest BCUT2D eigenvalue weighted by Gasteiger charge is -2.20. The summed E-state index contributed by atoms with van der Waals surface area (Å²) in [6, 6.07) is 8.03. The normalized spacial score (nSPS) is 13.5. The van der Waals surface area contributed by atoms with Crippen molar-refractivity contribution in [3.05, 3.63) is 59.9 Å². The number of rotatable bonds is 2. The summed E-state index contributed by atoms with van der Waals surface area (Å²) < 4.78 is 31.7. The number of aliphatic carboxylic acids is 1. The van der Waals surface area contributed by atoms with E-state index in [9.17, 15) is 13.2 Å². The minimum atomic E-state index is -5.08. The van der Waals surface area contributed by atoms with Crippen LogP contribution in [0.5, 0.6) is 0 Å². The van der Waals surface area contributed by atoms with Gasteiger partial charge < -0.3 is 10.0 Å². The molecule has 1 aliphatic rings. The van der Waals surface area contributed by atoms with Crippen LogP contribution in [0.4, 0.5) is 19.0 Å². The second-order valence-electron chi connectivity index (χ2n) is 6.71. The van der Waals surface area contributed by atoms with Crippen LogP contribution in [0.1, 0.15) is 17.0 Å². The second-order valence-corrected chi connectivity index (χ2v) is 6.71. The van der Waals surface area contributed by atoms with Crippen LogP contribution in [0.2, 0.25) is 0 Å². The maximum Gasteiger partial charge on any atom is 0.490 e. The number of hydrogen-bond acceptors (Lipinski definition) is 7. The fraction of sp³-hybridized carbons (Fsp3) is 0.300. The van der Waals surface area contributed by atoms with Gasteiger partial charge in [0.1, 0.15) is 6.33 Å². The number of fused-ring (bicyclic) bond motifs is 1. The predicted molar refractivity (Wildman–Crippen MR) is 105 cm³/mol. The smallest absolute Gasteiger partial charge is 0.475 e. The number of alkyl halides is 3. The third kappa shape index (κ3) is 5.71. The van der Waals surface area contributed by atoms with E-state index in [1.807, 2.05) is 31.2 Å². The molecule has 3 aromatic rings. The Labute approximate surface area is 175 Å². The van der Waals surface area contributed by atoms with Gasteiger partial charge in [0.25, 0.3) is 0 Å². The molecule has 3 aromatic heterocycles. The lowest BCUT2D eigenvalue weighted by Crippen LogP contribution is -2.27. The Kier molecular flexibility index (Phi) is 6.73. The topological polar surface area (TPSA) is 105 Å². The highest BCUT2D eigenvalue weighted by atomic mass is 19.4. The minimum Gasteiger partial charge on any atom is -0.475 e. The van der Waals surface area contributed by atoms with E-state index in [1.165, 1.54) is 5.56 Å². The maximum atomic E-state index is 10.6. The fourth-order valence-corrected chi connectivity index (χ4v) is 3.07. The van der Waals surface area contributed by atoms with E-state index in [0.29, 0.717) is 0 Å². The number of carbonyl (C=O) groups is 1. The molecule has 4 rings (SSSR count). The highest BCUT2D eigenvalue weighted by Crippen LogP contribution is 2.26. The van der Waals surface area contributed by atoms with Crippen molar-refractivity contribution >= 4 is 11.8 Å². The Morgan fingerprint density at radius 3 is 2.32 bits per heavy atom. The van der Waals surface area contributed by atoms with Gasteiger partial charge in [-0.2, -0.15) is 18.3 Å². The lowest BCUT2D eigenvalue weighted by atomic mass is 10.0. The average molecular weight is 432 g/mol. The molecule has 0 bridgehead atoms. The molecule has 8 nitrogen and oxygen atoms in total. The Morgan fingerprint density at radius 1 is 1.03 bits per heavy atom. The van der Waals surface area contributed by atoms with E-state index >= 15 is 0 Å². The zero-order chi connectivity index (χ0) is 22.4. The molecule has 31 heavy (non-hydrogen) atoms. The maximum absolute atomic E-state index is 10.6. The standard InChI is InChI=1S/C18H18N6.C2HF3O2/c1-13-2-3-17(23-22-13)24-10-6-15-16(7-11-24)20-12-21-18(15)14-4-8-19-9-5-14;3-2(4,5)1(6)7/h2-5,8-9,12H,6-7,10-11H2,1H3;(H,6,7). The second kappa shape index (κ2) is 9.45. The van der Waals surface area contributed by atoms with Gasteiger partial charge in [-0.25, -0.2) is 14.8 Å². The van der Waals surface area contributed by atoms with Crippen molar-refractivity contribution in [3.63, 3.8) is 0 Å². The average Bonchev–Trinajstić information content (AvgIpc) is 2.97. The summed E-state index contributed by atoms with van der Waals surface area (Å²) in [4.78, 5) is 24.3. The highest BCUT2D eigenvalue weighted by Gasteiger charge is 2.38. The first kappa shape index (κ1) is 22.1. The van der Waals surface area contributed by atoms with Crippen LogP contribution >= 0.6 is 0 Å². The summed E-state index contributed by atoms with van der Waals surface area (Å²) in [5, 5.41) is 15.6. The summed E-state index contributed by atoms with van der Waals surface area (Å²) in [6.45, 7) is 3.72. The Morgan fingerprint density at radius 2 is 1.71 bits per heavy atom. The van der Waals surface area contributed by atoms with E-state index in [4.69, 9.17) is 9.90 Å². The number of aromatic nitrogens is 5. The summed E-state index contributed by atoms with van der Waals surface area (Å²) in [5.41, 5.74) is 5.39. The first-order valence-electron chi connectivity index (χ1n) is 9.34. The number of hydrogen-bond donors (Lipinski definition) is 1. The monoisotopic (exact) mass is 432 g/mol. The van der Waals surface area contributed by atoms with Crippen LogP contribution in [0.3, 0.4) is 0 Å². The molecule has 0 spiro atoms. The molecular formula is C20H19F3N6O2. The van der Waals surface area contributed by atoms with Crippen molar-refractivity contribution in [3.8, 4) is 11.3 Å². The van der Waals surface area contributed by atoms with E-state index in [1.54, 1.807) is 18.7 Å². The molecule has 0 amide bonds. The number of carboxylic acid groups (broad SMARTS) is 1. The van der Waals surface area contributed by atoms with Crippen LogP contribution in [0.15, 0.2) is 43.0 Å². The Hall–Kier alpha value is -3.63. The molecule has 1 N–H and O–H groups in total. The zero-order valence-electron chi connectivity index (χ0n) is 16.5. The minimum absolute atomic E-state index is 0.880. The Bertz CT molecular complexity index is 1030. The molecule has 0 unspecified atom stereocenters. The number of anilines is 1. The zero-order valence-corrected chi connectivity index (χ0v) is 16.5. The molecule has 0 aromatic carbocycles. The van der Waals surface area contributed by atoms with Gasteiger partial charge in [0, 0.05) is 48.7 Å². The molecule has 4 heterocycles. The largest absolute Gasteiger partial charge is 0.490 e. The van der Waals surface area contributed by atoms with Gasteiger partial charge >= 0.3 is 12.1 Å². The molecule has 0 fully saturated rings. The van der Waals surface area contributed by atoms with Crippen LogP contribution in [-0.2, 0) is 17.6 Å². The number of pyridine rings is 1. The van der Waals surface area contributed by atoms with E-state index < -0.39 is 12.1 Å². The summed E-state index contributed by atoms with van der Waals surface area (Å²) in [5.74, 6) is -1.83. The first-order chi connectivity index (χ1) is 14.8. The van der Waals surface area contributed by atoms with Gasteiger partial charge in [0.15, 0.2) is 5.82 Å². The molecule has 162 valence electrons. The van der Waals surface area contributed by atoms with Gasteiger partial charge in [0.05, 0.1) is 11.4 Å². The van der Waals surface area contributed by atoms with Crippen LogP contribution in [-0.4, -0.2) is 55.5 Å². The third-order valence-electron chi connectivity index (χ3n) is 4.59. The van der Waals surface area contributed by atoms with Crippen LogP contribution in [0.25, 0.3) is 11.3 Å². The molecule has 0 saturated heterocycles. The lowest BCUT2D eigenvalue weighted by molar-refractivity contribution is -0.192. The third-order valence-corrected chi connectivity index (χ3v) is 4.59. The fourth-order valence-electron chi connectivity index (χ4n) is 3.07. The van der Waals surface area contributed by atoms with Gasteiger partial charge in [-0.15, -0.1) is 5.10 Å². The SMILES string of the molecule is Cc1ccc(N2CCc3ncnc(-c4ccncc4)c3CC2)nn1.O=C(O)C(F)(F)F. The quantitative estimate of drug-likeness (QED) is 0.659. The number of halogens is 3. The van der Waals surface area contributed by atoms with E-state index in [-0.39, 0.29) is 0 Å². The molecular weight excluding hydrogens is 413 g/mol. The van der Waals surface area contributed by atoms with Gasteiger partial charge in [0.2, 0.25) is 0 Å². The van der Waals surface area contributed by atoms with Crippen molar-refractivity contribution in [2.24, 2.45) is 0 Å². The predicted octanol–water partition coefficient (Wildman–Crippen LogP) is 2.88. The Balaban J connectivity index is 0.000000339. The van der Waals surface area contributed by atoms with Gasteiger partial charge in [-0.3, -0.25) is 4.98 Å². The molecule has 1 aliphatic heterocycles. The van der Waals surface area contributed by atoms with Crippen LogP contribution in [0, 0.1) is 6.92 Å². The van der Waals surface area contributed by atoms with Crippen molar-refractivity contribution in [1.82, 2.24) is 25.1 Å². The summed E-state index contributed by atoms with van der Waals surface area (Å²) in [7, 11) is 0. The number of aryl methyl sites for hydroxylation is 1. The van der Waals surface area contributed by atoms with Crippen LogP contribution < -0.4 is 4.90 Å². The van der Waals surface area contributed by atoms with Crippen molar-refractivity contribution in [2.75, 3.05) is 18.0 Å². The van der Waals surface area contributed by atoms with Crippen molar-refractivity contribution in [2.45, 2.75) is 25.9 Å². The number of carboxylic acids is 1. The van der Waals surface area contributed by atoms with E-state index in [2.05, 4.69) is 30.0 Å². The molecule has 0 aliphatic carbocycles. The van der Waals surface area contributed by atoms with Crippen molar-refractivity contribution < 1.29 is 23.1 Å². The number of nitrogens with zero attached hydrogens (tertiary/aromatic N) is 6. The van der Waals surface area contributed by atoms with Gasteiger partial charge in [-0.05, 0) is 37.6 Å². The highest BCUT2D eigenvalue weighted by molar-refractivity contribution is 5.73. The summed E-state index contributed by atoms with van der Waals surface area (Å²) in [6.07, 6.45) is 1.95. The molecule has 0 atom stereocenters. The van der Waals surface area contributed by atoms with Gasteiger partial charge in [-0.1, -0.05) is 0 Å².